The Hall–Kier alpha value is -3.73. The van der Waals surface area contributed by atoms with Crippen molar-refractivity contribution in [2.45, 2.75) is 66.2 Å². The number of carbonyl (C=O) groups excluding carboxylic acids is 1. The zero-order valence-electron chi connectivity index (χ0n) is 27.5. The molecule has 1 aliphatic carbocycles. The van der Waals surface area contributed by atoms with Crippen LogP contribution in [-0.2, 0) is 21.3 Å². The second kappa shape index (κ2) is 13.5. The van der Waals surface area contributed by atoms with Crippen molar-refractivity contribution in [1.82, 2.24) is 4.90 Å². The van der Waals surface area contributed by atoms with E-state index < -0.39 is 5.41 Å². The second-order valence-electron chi connectivity index (χ2n) is 12.5. The molecule has 0 heterocycles. The number of ether oxygens (including phenoxy) is 2. The molecule has 0 N–H and O–H groups in total. The van der Waals surface area contributed by atoms with Crippen molar-refractivity contribution >= 4 is 5.97 Å². The van der Waals surface area contributed by atoms with Crippen LogP contribution in [0.25, 0.3) is 11.1 Å². The van der Waals surface area contributed by atoms with Gasteiger partial charge in [-0.05, 0) is 124 Å². The Kier molecular flexibility index (Phi) is 9.72. The van der Waals surface area contributed by atoms with Gasteiger partial charge in [0.15, 0.2) is 0 Å². The van der Waals surface area contributed by atoms with Crippen molar-refractivity contribution in [1.29, 1.82) is 0 Å². The van der Waals surface area contributed by atoms with Crippen LogP contribution in [0.2, 0.25) is 0 Å². The summed E-state index contributed by atoms with van der Waals surface area (Å²) >= 11 is 0. The first kappa shape index (κ1) is 31.7. The summed E-state index contributed by atoms with van der Waals surface area (Å²) in [6.45, 7) is 15.4. The Balaban J connectivity index is 1.63. The van der Waals surface area contributed by atoms with Crippen LogP contribution in [-0.4, -0.2) is 44.4 Å². The molecule has 0 unspecified atom stereocenters. The predicted octanol–water partition coefficient (Wildman–Crippen LogP) is 8.71. The number of aryl methyl sites for hydroxylation is 5. The molecule has 44 heavy (non-hydrogen) atoms. The summed E-state index contributed by atoms with van der Waals surface area (Å²) in [6, 6.07) is 27.0. The summed E-state index contributed by atoms with van der Waals surface area (Å²) in [5.74, 6) is -0.274. The largest absolute Gasteiger partial charge is 0.462 e. The average Bonchev–Trinajstić information content (AvgIpc) is 3.27. The number of carbonyl (C=O) groups is 1. The van der Waals surface area contributed by atoms with Crippen LogP contribution >= 0.6 is 0 Å². The van der Waals surface area contributed by atoms with Gasteiger partial charge < -0.3 is 9.47 Å². The molecule has 0 saturated carbocycles. The van der Waals surface area contributed by atoms with E-state index in [1.807, 2.05) is 13.8 Å². The van der Waals surface area contributed by atoms with Gasteiger partial charge >= 0.3 is 5.97 Å². The van der Waals surface area contributed by atoms with Crippen LogP contribution in [0.1, 0.15) is 87.1 Å². The fraction of sp³-hybridized carbons (Fsp3) is 0.375. The lowest BCUT2D eigenvalue weighted by Gasteiger charge is -2.35. The van der Waals surface area contributed by atoms with Gasteiger partial charge in [0, 0.05) is 6.61 Å². The van der Waals surface area contributed by atoms with Crippen LogP contribution < -0.4 is 0 Å². The van der Waals surface area contributed by atoms with E-state index in [0.29, 0.717) is 18.9 Å². The Labute approximate surface area is 264 Å². The molecule has 0 amide bonds. The fourth-order valence-corrected chi connectivity index (χ4v) is 6.87. The molecule has 4 aromatic carbocycles. The number of fused-ring (bicyclic) bond motifs is 3. The van der Waals surface area contributed by atoms with E-state index in [1.165, 1.54) is 50.1 Å². The van der Waals surface area contributed by atoms with Crippen LogP contribution in [0.3, 0.4) is 0 Å². The van der Waals surface area contributed by atoms with Gasteiger partial charge in [0.25, 0.3) is 0 Å². The number of esters is 1. The van der Waals surface area contributed by atoms with Crippen molar-refractivity contribution in [3.8, 4) is 11.1 Å². The number of hydrogen-bond donors (Lipinski definition) is 0. The Morgan fingerprint density at radius 3 is 2.02 bits per heavy atom. The van der Waals surface area contributed by atoms with Gasteiger partial charge in [-0.2, -0.15) is 0 Å². The Bertz CT molecular complexity index is 1600. The summed E-state index contributed by atoms with van der Waals surface area (Å²) in [4.78, 5) is 15.4. The summed E-state index contributed by atoms with van der Waals surface area (Å²) in [6.07, 6.45) is 3.09. The van der Waals surface area contributed by atoms with Crippen LogP contribution in [0.15, 0.2) is 72.8 Å². The predicted molar refractivity (Wildman–Crippen MR) is 181 cm³/mol. The minimum Gasteiger partial charge on any atom is -0.462 e. The summed E-state index contributed by atoms with van der Waals surface area (Å²) < 4.78 is 11.4. The van der Waals surface area contributed by atoms with Gasteiger partial charge in [0.1, 0.15) is 0 Å². The lowest BCUT2D eigenvalue weighted by molar-refractivity contribution is 0.0419. The highest BCUT2D eigenvalue weighted by molar-refractivity contribution is 5.93. The van der Waals surface area contributed by atoms with Gasteiger partial charge in [-0.3, -0.25) is 4.90 Å². The van der Waals surface area contributed by atoms with Crippen molar-refractivity contribution in [2.75, 3.05) is 33.5 Å². The third-order valence-corrected chi connectivity index (χ3v) is 9.04. The summed E-state index contributed by atoms with van der Waals surface area (Å²) in [7, 11) is 2.11. The highest BCUT2D eigenvalue weighted by atomic mass is 16.5. The van der Waals surface area contributed by atoms with Crippen molar-refractivity contribution < 1.29 is 14.3 Å². The first-order valence-electron chi connectivity index (χ1n) is 16.1. The number of hydrogen-bond acceptors (Lipinski definition) is 4. The Morgan fingerprint density at radius 1 is 0.773 bits per heavy atom. The van der Waals surface area contributed by atoms with Crippen LogP contribution in [0.4, 0.5) is 0 Å². The first-order valence-corrected chi connectivity index (χ1v) is 16.1. The van der Waals surface area contributed by atoms with Crippen molar-refractivity contribution in [3.63, 3.8) is 0 Å². The molecule has 0 aromatic heterocycles. The average molecular weight is 590 g/mol. The van der Waals surface area contributed by atoms with Crippen LogP contribution in [0, 0.1) is 27.7 Å². The van der Waals surface area contributed by atoms with Gasteiger partial charge in [0.05, 0.1) is 24.3 Å². The monoisotopic (exact) mass is 589 g/mol. The molecule has 4 heteroatoms. The lowest BCUT2D eigenvalue weighted by atomic mass is 9.66. The molecule has 4 nitrogen and oxygen atoms in total. The molecule has 0 atom stereocenters. The molecule has 230 valence electrons. The van der Waals surface area contributed by atoms with Crippen LogP contribution in [0.5, 0.6) is 0 Å². The smallest absolute Gasteiger partial charge is 0.338 e. The van der Waals surface area contributed by atoms with Crippen molar-refractivity contribution in [3.05, 3.63) is 128 Å². The molecule has 1 aliphatic rings. The summed E-state index contributed by atoms with van der Waals surface area (Å²) in [5, 5.41) is 0. The molecule has 0 saturated heterocycles. The molecule has 0 radical (unpaired) electrons. The quantitative estimate of drug-likeness (QED) is 0.0829. The molecular formula is C40H47NO3. The molecule has 0 bridgehead atoms. The Morgan fingerprint density at radius 2 is 1.41 bits per heavy atom. The number of nitrogens with zero attached hydrogens (tertiary/aromatic N) is 1. The number of rotatable bonds is 12. The lowest BCUT2D eigenvalue weighted by Crippen LogP contribution is -2.29. The maximum atomic E-state index is 13.2. The highest BCUT2D eigenvalue weighted by Crippen LogP contribution is 2.56. The standard InChI is InChI=1S/C40H47NO3/c1-8-20-41(7)26-43-21-10-11-31-15-17-32(24-30(31)6)40(33-16-14-29(5)36(25-33)39(42)44-9-2)37-22-27(3)12-18-34(37)35-19-13-28(4)23-38(35)40/h12-19,22-25H,8-11,20-21,26H2,1-7H3. The maximum Gasteiger partial charge on any atom is 0.338 e. The van der Waals surface area contributed by atoms with E-state index in [-0.39, 0.29) is 5.97 Å². The van der Waals surface area contributed by atoms with E-state index >= 15 is 0 Å². The van der Waals surface area contributed by atoms with E-state index in [1.54, 1.807) is 0 Å². The minimum atomic E-state index is -0.575. The van der Waals surface area contributed by atoms with Gasteiger partial charge in [0.2, 0.25) is 0 Å². The summed E-state index contributed by atoms with van der Waals surface area (Å²) in [5.41, 5.74) is 13.3. The minimum absolute atomic E-state index is 0.274. The molecule has 0 spiro atoms. The second-order valence-corrected chi connectivity index (χ2v) is 12.5. The first-order chi connectivity index (χ1) is 21.2. The highest BCUT2D eigenvalue weighted by Gasteiger charge is 2.46. The van der Waals surface area contributed by atoms with E-state index in [0.717, 1.165) is 43.5 Å². The molecule has 4 aromatic rings. The number of benzene rings is 4. The zero-order valence-corrected chi connectivity index (χ0v) is 27.5. The topological polar surface area (TPSA) is 38.8 Å². The third kappa shape index (κ3) is 5.98. The maximum absolute atomic E-state index is 13.2. The van der Waals surface area contributed by atoms with Gasteiger partial charge in [-0.1, -0.05) is 84.8 Å². The molecule has 0 aliphatic heterocycles. The molecular weight excluding hydrogens is 542 g/mol. The molecule has 5 rings (SSSR count). The van der Waals surface area contributed by atoms with Gasteiger partial charge in [-0.15, -0.1) is 0 Å². The molecule has 0 fully saturated rings. The van der Waals surface area contributed by atoms with E-state index in [4.69, 9.17) is 9.47 Å². The van der Waals surface area contributed by atoms with E-state index in [9.17, 15) is 4.79 Å². The fourth-order valence-electron chi connectivity index (χ4n) is 6.87. The zero-order chi connectivity index (χ0) is 31.4. The van der Waals surface area contributed by atoms with Crippen molar-refractivity contribution in [2.24, 2.45) is 0 Å². The SMILES string of the molecule is CCCN(C)COCCCc1ccc(C2(c3ccc(C)c(C(=O)OCC)c3)c3cc(C)ccc3-c3ccc(C)cc32)cc1C. The normalized spacial score (nSPS) is 13.2. The van der Waals surface area contributed by atoms with E-state index in [2.05, 4.69) is 112 Å². The van der Waals surface area contributed by atoms with Gasteiger partial charge in [-0.25, -0.2) is 4.79 Å². The third-order valence-electron chi connectivity index (χ3n) is 9.04.